The van der Waals surface area contributed by atoms with Gasteiger partial charge in [-0.3, -0.25) is 4.79 Å². The van der Waals surface area contributed by atoms with Crippen LogP contribution in [0.15, 0.2) is 30.3 Å². The number of carbonyl (C=O) groups is 1. The third-order valence-corrected chi connectivity index (χ3v) is 4.85. The van der Waals surface area contributed by atoms with Gasteiger partial charge in [0, 0.05) is 31.6 Å². The van der Waals surface area contributed by atoms with Gasteiger partial charge in [-0.1, -0.05) is 0 Å². The number of fused-ring (bicyclic) bond motifs is 1. The molecule has 0 aliphatic carbocycles. The van der Waals surface area contributed by atoms with E-state index in [4.69, 9.17) is 9.72 Å². The topological polar surface area (TPSA) is 45.7 Å². The zero-order valence-corrected chi connectivity index (χ0v) is 13.4. The molecule has 0 N–H and O–H groups in total. The van der Waals surface area contributed by atoms with Crippen LogP contribution in [0.4, 0.5) is 5.82 Å². The van der Waals surface area contributed by atoms with E-state index in [1.807, 2.05) is 29.2 Å². The first-order valence-corrected chi connectivity index (χ1v) is 8.23. The number of ether oxygens (including phenoxy) is 1. The maximum absolute atomic E-state index is 12.4. The van der Waals surface area contributed by atoms with Crippen LogP contribution in [0.2, 0.25) is 0 Å². The van der Waals surface area contributed by atoms with Crippen LogP contribution >= 0.6 is 0 Å². The molecule has 2 aliphatic rings. The number of likely N-dealkylation sites (tertiary alicyclic amines) is 1. The van der Waals surface area contributed by atoms with Crippen LogP contribution < -0.4 is 9.64 Å². The van der Waals surface area contributed by atoms with Crippen molar-refractivity contribution in [2.24, 2.45) is 5.92 Å². The van der Waals surface area contributed by atoms with Crippen molar-refractivity contribution in [1.82, 2.24) is 9.88 Å². The number of hydrogen-bond acceptors (Lipinski definition) is 4. The lowest BCUT2D eigenvalue weighted by atomic mass is 9.98. The van der Waals surface area contributed by atoms with E-state index in [1.54, 1.807) is 7.11 Å². The summed E-state index contributed by atoms with van der Waals surface area (Å²) in [5, 5.41) is 1.07. The minimum atomic E-state index is 0.140. The third kappa shape index (κ3) is 2.60. The highest BCUT2D eigenvalue weighted by atomic mass is 16.5. The maximum Gasteiger partial charge on any atom is 0.229 e. The highest BCUT2D eigenvalue weighted by molar-refractivity contribution is 5.84. The largest absolute Gasteiger partial charge is 0.497 e. The van der Waals surface area contributed by atoms with Gasteiger partial charge < -0.3 is 14.5 Å². The highest BCUT2D eigenvalue weighted by Gasteiger charge is 2.36. The molecular weight excluding hydrogens is 290 g/mol. The number of amides is 1. The number of pyridine rings is 1. The Morgan fingerprint density at radius 2 is 1.96 bits per heavy atom. The Labute approximate surface area is 135 Å². The Hall–Kier alpha value is -2.30. The van der Waals surface area contributed by atoms with Crippen LogP contribution in [-0.2, 0) is 4.79 Å². The zero-order chi connectivity index (χ0) is 15.8. The molecule has 1 aromatic heterocycles. The number of nitrogens with zero attached hydrogens (tertiary/aromatic N) is 3. The van der Waals surface area contributed by atoms with Crippen molar-refractivity contribution in [1.29, 1.82) is 0 Å². The molecule has 0 bridgehead atoms. The van der Waals surface area contributed by atoms with Crippen LogP contribution in [0.3, 0.4) is 0 Å². The molecule has 1 aromatic carbocycles. The predicted molar refractivity (Wildman–Crippen MR) is 89.8 cm³/mol. The van der Waals surface area contributed by atoms with Crippen molar-refractivity contribution >= 4 is 22.6 Å². The molecule has 0 radical (unpaired) electrons. The average molecular weight is 311 g/mol. The van der Waals surface area contributed by atoms with Gasteiger partial charge >= 0.3 is 0 Å². The molecule has 1 amide bonds. The molecule has 5 nitrogen and oxygen atoms in total. The SMILES string of the molecule is COc1ccc2nc(N3CC(C(=O)N4CCCC4)C3)ccc2c1. The first-order valence-electron chi connectivity index (χ1n) is 8.23. The van der Waals surface area contributed by atoms with Crippen molar-refractivity contribution in [3.05, 3.63) is 30.3 Å². The van der Waals surface area contributed by atoms with Crippen LogP contribution in [0.1, 0.15) is 12.8 Å². The molecule has 120 valence electrons. The van der Waals surface area contributed by atoms with Gasteiger partial charge in [0.2, 0.25) is 5.91 Å². The molecule has 0 saturated carbocycles. The molecule has 2 saturated heterocycles. The molecule has 2 aromatic rings. The van der Waals surface area contributed by atoms with E-state index in [-0.39, 0.29) is 5.92 Å². The Kier molecular flexibility index (Phi) is 3.56. The summed E-state index contributed by atoms with van der Waals surface area (Å²) in [5.74, 6) is 2.26. The molecule has 2 aliphatic heterocycles. The second kappa shape index (κ2) is 5.72. The lowest BCUT2D eigenvalue weighted by Gasteiger charge is -2.40. The molecule has 0 atom stereocenters. The summed E-state index contributed by atoms with van der Waals surface area (Å²) >= 11 is 0. The summed E-state index contributed by atoms with van der Waals surface area (Å²) in [6.07, 6.45) is 2.30. The number of hydrogen-bond donors (Lipinski definition) is 0. The van der Waals surface area contributed by atoms with Crippen molar-refractivity contribution in [2.75, 3.05) is 38.2 Å². The number of methoxy groups -OCH3 is 1. The van der Waals surface area contributed by atoms with E-state index in [1.165, 1.54) is 0 Å². The van der Waals surface area contributed by atoms with E-state index < -0.39 is 0 Å². The predicted octanol–water partition coefficient (Wildman–Crippen LogP) is 2.30. The van der Waals surface area contributed by atoms with Crippen LogP contribution in [0.25, 0.3) is 10.9 Å². The van der Waals surface area contributed by atoms with Crippen molar-refractivity contribution in [3.8, 4) is 5.75 Å². The molecule has 4 rings (SSSR count). The first kappa shape index (κ1) is 14.3. The van der Waals surface area contributed by atoms with E-state index in [2.05, 4.69) is 11.0 Å². The summed E-state index contributed by atoms with van der Waals surface area (Å²) in [6, 6.07) is 9.98. The lowest BCUT2D eigenvalue weighted by molar-refractivity contribution is -0.135. The second-order valence-corrected chi connectivity index (χ2v) is 6.36. The third-order valence-electron chi connectivity index (χ3n) is 4.85. The molecule has 2 fully saturated rings. The van der Waals surface area contributed by atoms with Gasteiger partial charge in [0.15, 0.2) is 0 Å². The smallest absolute Gasteiger partial charge is 0.229 e. The Bertz CT molecular complexity index is 734. The summed E-state index contributed by atoms with van der Waals surface area (Å²) in [7, 11) is 1.67. The van der Waals surface area contributed by atoms with E-state index in [0.717, 1.165) is 61.5 Å². The minimum Gasteiger partial charge on any atom is -0.497 e. The Morgan fingerprint density at radius 1 is 1.17 bits per heavy atom. The van der Waals surface area contributed by atoms with Gasteiger partial charge in [-0.05, 0) is 43.2 Å². The molecular formula is C18H21N3O2. The summed E-state index contributed by atoms with van der Waals surface area (Å²) in [4.78, 5) is 21.3. The molecule has 5 heteroatoms. The van der Waals surface area contributed by atoms with E-state index in [0.29, 0.717) is 5.91 Å². The number of rotatable bonds is 3. The van der Waals surface area contributed by atoms with Gasteiger partial charge in [-0.15, -0.1) is 0 Å². The highest BCUT2D eigenvalue weighted by Crippen LogP contribution is 2.28. The maximum atomic E-state index is 12.4. The quantitative estimate of drug-likeness (QED) is 0.872. The molecule has 23 heavy (non-hydrogen) atoms. The van der Waals surface area contributed by atoms with Gasteiger partial charge in [-0.2, -0.15) is 0 Å². The van der Waals surface area contributed by atoms with Gasteiger partial charge in [0.1, 0.15) is 11.6 Å². The molecule has 0 unspecified atom stereocenters. The molecule has 3 heterocycles. The fourth-order valence-corrected chi connectivity index (χ4v) is 3.41. The van der Waals surface area contributed by atoms with E-state index in [9.17, 15) is 4.79 Å². The summed E-state index contributed by atoms with van der Waals surface area (Å²) in [6.45, 7) is 3.44. The average Bonchev–Trinajstić information content (AvgIpc) is 3.07. The van der Waals surface area contributed by atoms with Gasteiger partial charge in [0.25, 0.3) is 0 Å². The number of aromatic nitrogens is 1. The summed E-state index contributed by atoms with van der Waals surface area (Å²) < 4.78 is 5.24. The van der Waals surface area contributed by atoms with Gasteiger partial charge in [0.05, 0.1) is 18.5 Å². The number of benzene rings is 1. The monoisotopic (exact) mass is 311 g/mol. The summed E-state index contributed by atoms with van der Waals surface area (Å²) in [5.41, 5.74) is 0.956. The zero-order valence-electron chi connectivity index (χ0n) is 13.4. The van der Waals surface area contributed by atoms with Crippen LogP contribution in [0.5, 0.6) is 5.75 Å². The minimum absolute atomic E-state index is 0.140. The fraction of sp³-hybridized carbons (Fsp3) is 0.444. The van der Waals surface area contributed by atoms with E-state index >= 15 is 0 Å². The number of anilines is 1. The van der Waals surface area contributed by atoms with Crippen LogP contribution in [0, 0.1) is 5.92 Å². The first-order chi connectivity index (χ1) is 11.2. The Morgan fingerprint density at radius 3 is 2.70 bits per heavy atom. The fourth-order valence-electron chi connectivity index (χ4n) is 3.41. The lowest BCUT2D eigenvalue weighted by Crippen LogP contribution is -2.54. The van der Waals surface area contributed by atoms with Crippen molar-refractivity contribution in [2.45, 2.75) is 12.8 Å². The normalized spacial score (nSPS) is 18.3. The Balaban J connectivity index is 1.45. The number of carbonyl (C=O) groups excluding carboxylic acids is 1. The standard InChI is InChI=1S/C18H21N3O2/c1-23-15-5-6-16-13(10-15)4-7-17(19-16)21-11-14(12-21)18(22)20-8-2-3-9-20/h4-7,10,14H,2-3,8-9,11-12H2,1H3. The van der Waals surface area contributed by atoms with Crippen LogP contribution in [-0.4, -0.2) is 49.1 Å². The van der Waals surface area contributed by atoms with Gasteiger partial charge in [-0.25, -0.2) is 4.98 Å². The van der Waals surface area contributed by atoms with Crippen molar-refractivity contribution in [3.63, 3.8) is 0 Å². The second-order valence-electron chi connectivity index (χ2n) is 6.36. The molecule has 0 spiro atoms. The van der Waals surface area contributed by atoms with Crippen molar-refractivity contribution < 1.29 is 9.53 Å².